The molecule has 0 saturated carbocycles. The van der Waals surface area contributed by atoms with E-state index in [4.69, 9.17) is 4.42 Å². The van der Waals surface area contributed by atoms with Crippen LogP contribution in [0.2, 0.25) is 0 Å². The van der Waals surface area contributed by atoms with E-state index in [1.807, 2.05) is 30.5 Å². The monoisotopic (exact) mass is 321 g/mol. The Kier molecular flexibility index (Phi) is 3.23. The van der Waals surface area contributed by atoms with Crippen molar-refractivity contribution in [3.63, 3.8) is 0 Å². The largest absolute Gasteiger partial charge is 0.419 e. The molecule has 120 valence electrons. The molecular weight excluding hydrogens is 306 g/mol. The molecule has 6 nitrogen and oxygen atoms in total. The van der Waals surface area contributed by atoms with E-state index < -0.39 is 5.76 Å². The van der Waals surface area contributed by atoms with E-state index in [2.05, 4.69) is 10.3 Å². The van der Waals surface area contributed by atoms with Gasteiger partial charge in [0.1, 0.15) is 0 Å². The Morgan fingerprint density at radius 2 is 2.08 bits per heavy atom. The van der Waals surface area contributed by atoms with Gasteiger partial charge in [-0.1, -0.05) is 18.2 Å². The van der Waals surface area contributed by atoms with Crippen LogP contribution in [0.5, 0.6) is 0 Å². The predicted octanol–water partition coefficient (Wildman–Crippen LogP) is 2.79. The predicted molar refractivity (Wildman–Crippen MR) is 92.1 cm³/mol. The van der Waals surface area contributed by atoms with Crippen LogP contribution in [-0.4, -0.2) is 15.5 Å². The standard InChI is InChI=1S/C18H15N3O3/c1-21-15-9-12(6-7-16(15)24-18(21)23)20-17(22)8-11-10-19-14-5-3-2-4-13(11)14/h2-7,9-10,19H,8H2,1H3,(H,20,22). The van der Waals surface area contributed by atoms with Crippen LogP contribution in [0.15, 0.2) is 57.9 Å². The molecule has 2 N–H and O–H groups in total. The summed E-state index contributed by atoms with van der Waals surface area (Å²) in [4.78, 5) is 27.0. The van der Waals surface area contributed by atoms with Crippen LogP contribution < -0.4 is 11.1 Å². The first-order chi connectivity index (χ1) is 11.6. The highest BCUT2D eigenvalue weighted by Gasteiger charge is 2.11. The third kappa shape index (κ3) is 2.38. The quantitative estimate of drug-likeness (QED) is 0.609. The molecule has 0 spiro atoms. The Hall–Kier alpha value is -3.28. The van der Waals surface area contributed by atoms with Gasteiger partial charge in [0.2, 0.25) is 5.91 Å². The highest BCUT2D eigenvalue weighted by Crippen LogP contribution is 2.20. The highest BCUT2D eigenvalue weighted by molar-refractivity contribution is 5.96. The van der Waals surface area contributed by atoms with E-state index in [-0.39, 0.29) is 12.3 Å². The second-order valence-corrected chi connectivity index (χ2v) is 5.69. The number of hydrogen-bond acceptors (Lipinski definition) is 3. The number of para-hydroxylation sites is 1. The number of aryl methyl sites for hydroxylation is 1. The lowest BCUT2D eigenvalue weighted by Gasteiger charge is -2.05. The molecule has 2 aromatic heterocycles. The lowest BCUT2D eigenvalue weighted by Crippen LogP contribution is -2.14. The molecule has 2 heterocycles. The number of nitrogens with zero attached hydrogens (tertiary/aromatic N) is 1. The van der Waals surface area contributed by atoms with Gasteiger partial charge in [0, 0.05) is 29.8 Å². The van der Waals surface area contributed by atoms with Gasteiger partial charge in [-0.25, -0.2) is 4.79 Å². The maximum atomic E-state index is 12.3. The lowest BCUT2D eigenvalue weighted by atomic mass is 10.1. The molecule has 0 aliphatic heterocycles. The smallest absolute Gasteiger partial charge is 0.408 e. The van der Waals surface area contributed by atoms with Crippen molar-refractivity contribution in [2.24, 2.45) is 7.05 Å². The zero-order chi connectivity index (χ0) is 16.7. The van der Waals surface area contributed by atoms with Crippen LogP contribution in [0, 0.1) is 0 Å². The average molecular weight is 321 g/mol. The van der Waals surface area contributed by atoms with Crippen LogP contribution in [-0.2, 0) is 18.3 Å². The van der Waals surface area contributed by atoms with Crippen LogP contribution in [0.4, 0.5) is 5.69 Å². The number of H-pyrrole nitrogens is 1. The molecule has 0 atom stereocenters. The number of oxazole rings is 1. The number of aromatic nitrogens is 2. The van der Waals surface area contributed by atoms with E-state index in [1.165, 1.54) is 4.57 Å². The lowest BCUT2D eigenvalue weighted by molar-refractivity contribution is -0.115. The molecule has 24 heavy (non-hydrogen) atoms. The fourth-order valence-corrected chi connectivity index (χ4v) is 2.86. The maximum Gasteiger partial charge on any atom is 0.419 e. The number of rotatable bonds is 3. The minimum Gasteiger partial charge on any atom is -0.408 e. The van der Waals surface area contributed by atoms with Gasteiger partial charge < -0.3 is 14.7 Å². The van der Waals surface area contributed by atoms with Crippen LogP contribution in [0.3, 0.4) is 0 Å². The van der Waals surface area contributed by atoms with Gasteiger partial charge in [-0.3, -0.25) is 9.36 Å². The topological polar surface area (TPSA) is 80.0 Å². The van der Waals surface area contributed by atoms with Crippen molar-refractivity contribution in [3.05, 3.63) is 64.8 Å². The summed E-state index contributed by atoms with van der Waals surface area (Å²) in [7, 11) is 1.63. The molecule has 1 amide bonds. The zero-order valence-corrected chi connectivity index (χ0v) is 13.0. The normalized spacial score (nSPS) is 11.2. The van der Waals surface area contributed by atoms with Crippen LogP contribution >= 0.6 is 0 Å². The number of nitrogens with one attached hydrogen (secondary N) is 2. The summed E-state index contributed by atoms with van der Waals surface area (Å²) >= 11 is 0. The maximum absolute atomic E-state index is 12.3. The summed E-state index contributed by atoms with van der Waals surface area (Å²) in [6.45, 7) is 0. The van der Waals surface area contributed by atoms with E-state index in [0.29, 0.717) is 16.8 Å². The van der Waals surface area contributed by atoms with Crippen LogP contribution in [0.1, 0.15) is 5.56 Å². The molecule has 6 heteroatoms. The van der Waals surface area contributed by atoms with Gasteiger partial charge in [0.25, 0.3) is 0 Å². The van der Waals surface area contributed by atoms with Crippen molar-refractivity contribution < 1.29 is 9.21 Å². The van der Waals surface area contributed by atoms with Crippen molar-refractivity contribution >= 4 is 33.6 Å². The van der Waals surface area contributed by atoms with Crippen LogP contribution in [0.25, 0.3) is 22.0 Å². The highest BCUT2D eigenvalue weighted by atomic mass is 16.4. The molecular formula is C18H15N3O3. The number of carbonyl (C=O) groups excluding carboxylic acids is 1. The van der Waals surface area contributed by atoms with Crippen molar-refractivity contribution in [2.75, 3.05) is 5.32 Å². The second kappa shape index (κ2) is 5.42. The number of amides is 1. The minimum atomic E-state index is -0.424. The molecule has 0 fully saturated rings. The SMILES string of the molecule is Cn1c(=O)oc2ccc(NC(=O)Cc3c[nH]c4ccccc34)cc21. The van der Waals surface area contributed by atoms with Crippen molar-refractivity contribution in [2.45, 2.75) is 6.42 Å². The Balaban J connectivity index is 1.57. The summed E-state index contributed by atoms with van der Waals surface area (Å²) in [6.07, 6.45) is 2.12. The fourth-order valence-electron chi connectivity index (χ4n) is 2.86. The third-order valence-corrected chi connectivity index (χ3v) is 4.10. The number of benzene rings is 2. The summed E-state index contributed by atoms with van der Waals surface area (Å²) in [6, 6.07) is 13.0. The zero-order valence-electron chi connectivity index (χ0n) is 13.0. The molecule has 0 unspecified atom stereocenters. The third-order valence-electron chi connectivity index (χ3n) is 4.10. The first-order valence-electron chi connectivity index (χ1n) is 7.56. The van der Waals surface area contributed by atoms with Gasteiger partial charge >= 0.3 is 5.76 Å². The Morgan fingerprint density at radius 1 is 1.25 bits per heavy atom. The van der Waals surface area contributed by atoms with Gasteiger partial charge in [-0.05, 0) is 29.8 Å². The first kappa shape index (κ1) is 14.3. The van der Waals surface area contributed by atoms with Gasteiger partial charge in [0.15, 0.2) is 5.58 Å². The van der Waals surface area contributed by atoms with E-state index in [0.717, 1.165) is 16.5 Å². The molecule has 0 aliphatic carbocycles. The number of fused-ring (bicyclic) bond motifs is 2. The van der Waals surface area contributed by atoms with Gasteiger partial charge in [-0.2, -0.15) is 0 Å². The summed E-state index contributed by atoms with van der Waals surface area (Å²) in [5, 5.41) is 3.91. The number of hydrogen-bond donors (Lipinski definition) is 2. The minimum absolute atomic E-state index is 0.118. The summed E-state index contributed by atoms with van der Waals surface area (Å²) in [5.74, 6) is -0.542. The summed E-state index contributed by atoms with van der Waals surface area (Å²) < 4.78 is 6.49. The molecule has 0 radical (unpaired) electrons. The molecule has 2 aromatic carbocycles. The number of anilines is 1. The van der Waals surface area contributed by atoms with Gasteiger partial charge in [-0.15, -0.1) is 0 Å². The molecule has 0 aliphatic rings. The summed E-state index contributed by atoms with van der Waals surface area (Å²) in [5.41, 5.74) is 3.72. The molecule has 0 bridgehead atoms. The average Bonchev–Trinajstić information content (AvgIpc) is 3.10. The number of carbonyl (C=O) groups is 1. The Bertz CT molecular complexity index is 1120. The molecule has 4 rings (SSSR count). The van der Waals surface area contributed by atoms with E-state index >= 15 is 0 Å². The van der Waals surface area contributed by atoms with E-state index in [1.54, 1.807) is 25.2 Å². The Labute approximate surface area is 136 Å². The van der Waals surface area contributed by atoms with Crippen molar-refractivity contribution in [1.29, 1.82) is 0 Å². The van der Waals surface area contributed by atoms with Gasteiger partial charge in [0.05, 0.1) is 11.9 Å². The molecule has 0 saturated heterocycles. The molecule has 4 aromatic rings. The van der Waals surface area contributed by atoms with Crippen molar-refractivity contribution in [1.82, 2.24) is 9.55 Å². The number of aromatic amines is 1. The Morgan fingerprint density at radius 3 is 2.96 bits per heavy atom. The second-order valence-electron chi connectivity index (χ2n) is 5.69. The van der Waals surface area contributed by atoms with Crippen molar-refractivity contribution in [3.8, 4) is 0 Å². The first-order valence-corrected chi connectivity index (χ1v) is 7.56. The fraction of sp³-hybridized carbons (Fsp3) is 0.111. The van der Waals surface area contributed by atoms with E-state index in [9.17, 15) is 9.59 Å².